The zero-order valence-electron chi connectivity index (χ0n) is 27.8. The maximum absolute atomic E-state index is 13.6. The lowest BCUT2D eigenvalue weighted by Crippen LogP contribution is -2.62. The van der Waals surface area contributed by atoms with Gasteiger partial charge < -0.3 is 43.5 Å². The lowest BCUT2D eigenvalue weighted by molar-refractivity contribution is -0.308. The zero-order chi connectivity index (χ0) is 36.2. The first-order valence-corrected chi connectivity index (χ1v) is 16.0. The Balaban J connectivity index is 1.63. The van der Waals surface area contributed by atoms with Gasteiger partial charge in [-0.25, -0.2) is 0 Å². The number of ether oxygens (including phenoxy) is 6. The molecule has 2 heterocycles. The van der Waals surface area contributed by atoms with E-state index in [9.17, 15) is 43.8 Å². The number of oxime groups is 1. The predicted octanol–water partition coefficient (Wildman–Crippen LogP) is -0.852. The van der Waals surface area contributed by atoms with Crippen LogP contribution >= 0.6 is 0 Å². The molecule has 4 rings (SSSR count). The van der Waals surface area contributed by atoms with E-state index in [2.05, 4.69) is 5.16 Å². The number of carbonyl (C=O) groups excluding carboxylic acids is 7. The third-order valence-electron chi connectivity index (χ3n) is 8.94. The minimum Gasteiger partial charge on any atom is -0.466 e. The highest BCUT2D eigenvalue weighted by Gasteiger charge is 2.60. The van der Waals surface area contributed by atoms with E-state index in [1.165, 1.54) is 0 Å². The number of fused-ring (bicyclic) bond motifs is 3. The van der Waals surface area contributed by atoms with E-state index < -0.39 is 115 Å². The summed E-state index contributed by atoms with van der Waals surface area (Å²) in [6.07, 6.45) is -10.1. The Labute approximate surface area is 281 Å². The largest absolute Gasteiger partial charge is 0.466 e. The molecule has 4 aliphatic rings. The van der Waals surface area contributed by atoms with Crippen LogP contribution in [0.1, 0.15) is 60.3 Å². The van der Waals surface area contributed by atoms with Crippen molar-refractivity contribution < 1.29 is 77.0 Å². The van der Waals surface area contributed by atoms with Crippen molar-refractivity contribution in [1.29, 1.82) is 0 Å². The summed E-state index contributed by atoms with van der Waals surface area (Å²) >= 11 is 0. The molecule has 49 heavy (non-hydrogen) atoms. The van der Waals surface area contributed by atoms with Crippen molar-refractivity contribution in [3.8, 4) is 0 Å². The zero-order valence-corrected chi connectivity index (χ0v) is 27.8. The Morgan fingerprint density at radius 3 is 2.06 bits per heavy atom. The maximum atomic E-state index is 13.6. The molecular formula is C31H42N2O16. The first-order chi connectivity index (χ1) is 23.1. The molecule has 4 fully saturated rings. The SMILES string of the molecule is CCOC(=O)CCN1C(=O)[C@H]2[C@H]3[C@H](O)[C@H](O)C/C(=N/O[C@@H]4O[C@@H](COC(C)=O)[C@@H](OC(C)=O)[C@@H](OC(C)=O)[C@H]4OC(C)=O)[C@H]3CC[C@@H]2C1=O. The van der Waals surface area contributed by atoms with Crippen LogP contribution in [0.2, 0.25) is 0 Å². The van der Waals surface area contributed by atoms with Crippen molar-refractivity contribution in [2.45, 2.75) is 103 Å². The fraction of sp³-hybridized carbons (Fsp3) is 0.742. The van der Waals surface area contributed by atoms with E-state index in [1.54, 1.807) is 6.92 Å². The minimum atomic E-state index is -1.64. The molecule has 0 aromatic heterocycles. The molecule has 2 saturated heterocycles. The first-order valence-electron chi connectivity index (χ1n) is 16.0. The minimum absolute atomic E-state index is 0.140. The third-order valence-corrected chi connectivity index (χ3v) is 8.94. The first kappa shape index (κ1) is 37.7. The number of hydrogen-bond acceptors (Lipinski definition) is 17. The summed E-state index contributed by atoms with van der Waals surface area (Å²) in [5.74, 6) is -8.20. The topological polar surface area (TPSA) is 240 Å². The molecule has 0 aromatic rings. The van der Waals surface area contributed by atoms with E-state index in [1.807, 2.05) is 0 Å². The molecule has 11 atom stereocenters. The van der Waals surface area contributed by atoms with Crippen LogP contribution in [0.25, 0.3) is 0 Å². The Kier molecular flexibility index (Phi) is 12.3. The van der Waals surface area contributed by atoms with Gasteiger partial charge in [-0.1, -0.05) is 5.16 Å². The van der Waals surface area contributed by atoms with Gasteiger partial charge in [-0.05, 0) is 19.8 Å². The Morgan fingerprint density at radius 1 is 0.837 bits per heavy atom. The van der Waals surface area contributed by atoms with Gasteiger partial charge in [0, 0.05) is 52.5 Å². The van der Waals surface area contributed by atoms with Crippen LogP contribution in [0, 0.1) is 23.7 Å². The van der Waals surface area contributed by atoms with Crippen molar-refractivity contribution in [2.75, 3.05) is 19.8 Å². The van der Waals surface area contributed by atoms with Gasteiger partial charge in [0.1, 0.15) is 12.7 Å². The standard InChI is InChI=1S/C31H42N2O16/c1-6-43-22(39)9-10-33-29(41)18-8-7-17-19(11-20(38)25(40)23(17)24(18)30(33)42)32-49-31-28(47-16(5)37)27(46-15(4)36)26(45-14(3)35)21(48-31)12-44-13(2)34/h17-18,20-21,23-28,31,38,40H,6-12H2,1-5H3/b32-19-/t17-,18+,20-,21+,23+,24-,25-,26-,27-,28-,31+/m1/s1. The summed E-state index contributed by atoms with van der Waals surface area (Å²) in [5.41, 5.74) is 0.208. The third kappa shape index (κ3) is 8.53. The van der Waals surface area contributed by atoms with Gasteiger partial charge in [-0.2, -0.15) is 0 Å². The second-order valence-corrected chi connectivity index (χ2v) is 12.3. The van der Waals surface area contributed by atoms with E-state index in [-0.39, 0.29) is 44.5 Å². The smallest absolute Gasteiger partial charge is 0.307 e. The molecular weight excluding hydrogens is 656 g/mol. The molecule has 0 unspecified atom stereocenters. The maximum Gasteiger partial charge on any atom is 0.307 e. The second-order valence-electron chi connectivity index (χ2n) is 12.3. The van der Waals surface area contributed by atoms with Gasteiger partial charge in [0.15, 0.2) is 12.2 Å². The van der Waals surface area contributed by atoms with Gasteiger partial charge in [-0.3, -0.25) is 38.5 Å². The van der Waals surface area contributed by atoms with Crippen molar-refractivity contribution in [1.82, 2.24) is 4.90 Å². The summed E-state index contributed by atoms with van der Waals surface area (Å²) in [6, 6.07) is 0. The lowest BCUT2D eigenvalue weighted by Gasteiger charge is -2.46. The highest BCUT2D eigenvalue weighted by atomic mass is 16.8. The van der Waals surface area contributed by atoms with Gasteiger partial charge in [0.25, 0.3) is 6.29 Å². The molecule has 2 aliphatic carbocycles. The number of likely N-dealkylation sites (tertiary alicyclic amines) is 1. The normalized spacial score (nSPS) is 34.7. The number of aliphatic hydroxyl groups excluding tert-OH is 2. The van der Waals surface area contributed by atoms with Crippen molar-refractivity contribution >= 4 is 47.4 Å². The van der Waals surface area contributed by atoms with E-state index >= 15 is 0 Å². The second kappa shape index (κ2) is 16.0. The van der Waals surface area contributed by atoms with Crippen LogP contribution < -0.4 is 0 Å². The van der Waals surface area contributed by atoms with Crippen LogP contribution in [0.15, 0.2) is 5.16 Å². The summed E-state index contributed by atoms with van der Waals surface area (Å²) in [5, 5.41) is 26.2. The average molecular weight is 699 g/mol. The number of aliphatic hydroxyl groups is 2. The van der Waals surface area contributed by atoms with Crippen molar-refractivity contribution in [3.63, 3.8) is 0 Å². The molecule has 0 radical (unpaired) electrons. The van der Waals surface area contributed by atoms with Crippen molar-refractivity contribution in [2.24, 2.45) is 28.8 Å². The molecule has 2 amide bonds. The van der Waals surface area contributed by atoms with Crippen LogP contribution in [0.5, 0.6) is 0 Å². The highest BCUT2D eigenvalue weighted by molar-refractivity contribution is 6.06. The number of amides is 2. The monoisotopic (exact) mass is 698 g/mol. The van der Waals surface area contributed by atoms with Crippen LogP contribution in [-0.4, -0.2) is 125 Å². The van der Waals surface area contributed by atoms with E-state index in [4.69, 9.17) is 33.3 Å². The molecule has 2 aliphatic heterocycles. The van der Waals surface area contributed by atoms with Crippen LogP contribution in [0.3, 0.4) is 0 Å². The van der Waals surface area contributed by atoms with Gasteiger partial charge in [0.05, 0.1) is 42.8 Å². The van der Waals surface area contributed by atoms with Gasteiger partial charge >= 0.3 is 29.8 Å². The van der Waals surface area contributed by atoms with E-state index in [0.717, 1.165) is 32.6 Å². The fourth-order valence-electron chi connectivity index (χ4n) is 7.09. The number of imide groups is 1. The molecule has 0 bridgehead atoms. The van der Waals surface area contributed by atoms with Gasteiger partial charge in [0.2, 0.25) is 17.9 Å². The Bertz CT molecular complexity index is 1350. The molecule has 0 aromatic carbocycles. The van der Waals surface area contributed by atoms with Gasteiger partial charge in [-0.15, -0.1) is 0 Å². The summed E-state index contributed by atoms with van der Waals surface area (Å²) in [4.78, 5) is 93.4. The average Bonchev–Trinajstić information content (AvgIpc) is 3.26. The number of rotatable bonds is 11. The Hall–Kier alpha value is -4.16. The Morgan fingerprint density at radius 2 is 1.45 bits per heavy atom. The number of nitrogens with zero attached hydrogens (tertiary/aromatic N) is 2. The number of carbonyl (C=O) groups is 7. The molecule has 2 saturated carbocycles. The van der Waals surface area contributed by atoms with Crippen LogP contribution in [0.4, 0.5) is 0 Å². The van der Waals surface area contributed by atoms with E-state index in [0.29, 0.717) is 0 Å². The molecule has 18 heteroatoms. The quantitative estimate of drug-likeness (QED) is 0.116. The van der Waals surface area contributed by atoms with Crippen molar-refractivity contribution in [3.05, 3.63) is 0 Å². The summed E-state index contributed by atoms with van der Waals surface area (Å²) in [6.45, 7) is 5.44. The predicted molar refractivity (Wildman–Crippen MR) is 158 cm³/mol. The lowest BCUT2D eigenvalue weighted by atomic mass is 9.60. The summed E-state index contributed by atoms with van der Waals surface area (Å²) in [7, 11) is 0. The van der Waals surface area contributed by atoms with Crippen LogP contribution in [-0.2, 0) is 66.8 Å². The highest BCUT2D eigenvalue weighted by Crippen LogP contribution is 2.49. The molecule has 272 valence electrons. The molecule has 18 nitrogen and oxygen atoms in total. The number of esters is 5. The molecule has 2 N–H and O–H groups in total. The fourth-order valence-corrected chi connectivity index (χ4v) is 7.09. The summed E-state index contributed by atoms with van der Waals surface area (Å²) < 4.78 is 32.0. The number of hydrogen-bond donors (Lipinski definition) is 2. The molecule has 0 spiro atoms.